The summed E-state index contributed by atoms with van der Waals surface area (Å²) < 4.78 is 25.6. The molecule has 1 N–H and O–H groups in total. The third-order valence-electron chi connectivity index (χ3n) is 1.88. The standard InChI is InChI=1S/C10H6F2INO2/c11-10(12)6-1-5(3-9(15)16)2-8(13)7(6)4-14/h1-2,10H,3H2,(H,15,16). The zero-order chi connectivity index (χ0) is 12.3. The van der Waals surface area contributed by atoms with Crippen LogP contribution in [0.25, 0.3) is 0 Å². The van der Waals surface area contributed by atoms with E-state index in [9.17, 15) is 13.6 Å². The molecule has 0 aliphatic rings. The molecule has 0 atom stereocenters. The Morgan fingerprint density at radius 2 is 2.19 bits per heavy atom. The smallest absolute Gasteiger partial charge is 0.307 e. The Morgan fingerprint density at radius 3 is 2.62 bits per heavy atom. The quantitative estimate of drug-likeness (QED) is 0.863. The van der Waals surface area contributed by atoms with Crippen LogP contribution in [0, 0.1) is 14.9 Å². The van der Waals surface area contributed by atoms with E-state index in [1.807, 2.05) is 0 Å². The molecule has 0 bridgehead atoms. The molecule has 1 aromatic rings. The Balaban J connectivity index is 3.29. The zero-order valence-corrected chi connectivity index (χ0v) is 10.0. The van der Waals surface area contributed by atoms with Crippen molar-refractivity contribution in [1.82, 2.24) is 0 Å². The first kappa shape index (κ1) is 12.8. The number of carbonyl (C=O) groups is 1. The topological polar surface area (TPSA) is 61.1 Å². The summed E-state index contributed by atoms with van der Waals surface area (Å²) in [6, 6.07) is 4.19. The van der Waals surface area contributed by atoms with E-state index < -0.39 is 18.0 Å². The van der Waals surface area contributed by atoms with E-state index in [1.54, 1.807) is 28.7 Å². The maximum absolute atomic E-state index is 12.6. The summed E-state index contributed by atoms with van der Waals surface area (Å²) in [5, 5.41) is 17.3. The first-order valence-electron chi connectivity index (χ1n) is 4.18. The summed E-state index contributed by atoms with van der Waals surface area (Å²) in [5.74, 6) is -1.10. The molecule has 0 fully saturated rings. The molecule has 1 rings (SSSR count). The van der Waals surface area contributed by atoms with Gasteiger partial charge in [0.25, 0.3) is 6.43 Å². The van der Waals surface area contributed by atoms with Gasteiger partial charge in [-0.25, -0.2) is 8.78 Å². The number of halogens is 3. The maximum atomic E-state index is 12.6. The highest BCUT2D eigenvalue weighted by Gasteiger charge is 2.17. The van der Waals surface area contributed by atoms with Crippen LogP contribution in [0.1, 0.15) is 23.1 Å². The molecule has 0 radical (unpaired) electrons. The summed E-state index contributed by atoms with van der Waals surface area (Å²) in [6.07, 6.45) is -3.11. The molecule has 84 valence electrons. The van der Waals surface area contributed by atoms with Crippen LogP contribution < -0.4 is 0 Å². The van der Waals surface area contributed by atoms with Crippen LogP contribution in [-0.4, -0.2) is 11.1 Å². The predicted molar refractivity (Wildman–Crippen MR) is 60.2 cm³/mol. The molecule has 0 heterocycles. The van der Waals surface area contributed by atoms with Crippen molar-refractivity contribution < 1.29 is 18.7 Å². The van der Waals surface area contributed by atoms with Crippen molar-refractivity contribution in [3.8, 4) is 6.07 Å². The Labute approximate surface area is 104 Å². The van der Waals surface area contributed by atoms with Gasteiger partial charge in [0.2, 0.25) is 0 Å². The molecule has 0 aromatic heterocycles. The third kappa shape index (κ3) is 2.88. The van der Waals surface area contributed by atoms with Crippen molar-refractivity contribution in [3.05, 3.63) is 32.4 Å². The molecule has 3 nitrogen and oxygen atoms in total. The van der Waals surface area contributed by atoms with Gasteiger partial charge >= 0.3 is 5.97 Å². The minimum absolute atomic E-state index is 0.0928. The summed E-state index contributed by atoms with van der Waals surface area (Å²) in [7, 11) is 0. The van der Waals surface area contributed by atoms with E-state index in [0.29, 0.717) is 3.57 Å². The van der Waals surface area contributed by atoms with Crippen molar-refractivity contribution in [3.63, 3.8) is 0 Å². The van der Waals surface area contributed by atoms with Gasteiger partial charge in [-0.05, 0) is 40.3 Å². The van der Waals surface area contributed by atoms with Crippen molar-refractivity contribution in [2.24, 2.45) is 0 Å². The van der Waals surface area contributed by atoms with E-state index in [4.69, 9.17) is 10.4 Å². The summed E-state index contributed by atoms with van der Waals surface area (Å²) in [6.45, 7) is 0. The Bertz CT molecular complexity index is 469. The van der Waals surface area contributed by atoms with E-state index in [0.717, 1.165) is 6.07 Å². The lowest BCUT2D eigenvalue weighted by molar-refractivity contribution is -0.136. The normalized spacial score (nSPS) is 10.2. The number of alkyl halides is 2. The Kier molecular flexibility index (Phi) is 4.18. The molecule has 0 aliphatic carbocycles. The number of rotatable bonds is 3. The number of carboxylic acids is 1. The lowest BCUT2D eigenvalue weighted by Crippen LogP contribution is -2.03. The Hall–Kier alpha value is -1.23. The lowest BCUT2D eigenvalue weighted by Gasteiger charge is -2.07. The van der Waals surface area contributed by atoms with Crippen molar-refractivity contribution in [2.75, 3.05) is 0 Å². The minimum Gasteiger partial charge on any atom is -0.481 e. The highest BCUT2D eigenvalue weighted by atomic mass is 127. The number of hydrogen-bond acceptors (Lipinski definition) is 2. The van der Waals surface area contributed by atoms with Gasteiger partial charge in [-0.1, -0.05) is 0 Å². The average molecular weight is 337 g/mol. The number of benzene rings is 1. The number of nitrogens with zero attached hydrogens (tertiary/aromatic N) is 1. The highest BCUT2D eigenvalue weighted by molar-refractivity contribution is 14.1. The maximum Gasteiger partial charge on any atom is 0.307 e. The molecule has 0 unspecified atom stereocenters. The van der Waals surface area contributed by atoms with Gasteiger partial charge in [-0.2, -0.15) is 5.26 Å². The molecular weight excluding hydrogens is 331 g/mol. The molecule has 0 saturated carbocycles. The second kappa shape index (κ2) is 5.21. The van der Waals surface area contributed by atoms with Gasteiger partial charge in [0.15, 0.2) is 0 Å². The molecule has 1 aromatic carbocycles. The molecule has 0 amide bonds. The number of hydrogen-bond donors (Lipinski definition) is 1. The van der Waals surface area contributed by atoms with Gasteiger partial charge in [0.1, 0.15) is 6.07 Å². The molecule has 6 heteroatoms. The van der Waals surface area contributed by atoms with Crippen LogP contribution in [0.3, 0.4) is 0 Å². The fraction of sp³-hybridized carbons (Fsp3) is 0.200. The molecule has 0 saturated heterocycles. The fourth-order valence-electron chi connectivity index (χ4n) is 1.25. The van der Waals surface area contributed by atoms with E-state index in [2.05, 4.69) is 0 Å². The number of aliphatic carboxylic acids is 1. The van der Waals surface area contributed by atoms with E-state index in [1.165, 1.54) is 6.07 Å². The Morgan fingerprint density at radius 1 is 1.56 bits per heavy atom. The first-order valence-corrected chi connectivity index (χ1v) is 5.26. The molecule has 0 spiro atoms. The second-order valence-electron chi connectivity index (χ2n) is 3.02. The summed E-state index contributed by atoms with van der Waals surface area (Å²) in [4.78, 5) is 10.5. The number of nitriles is 1. The van der Waals surface area contributed by atoms with Gasteiger partial charge in [-0.15, -0.1) is 0 Å². The molecule has 16 heavy (non-hydrogen) atoms. The minimum atomic E-state index is -2.78. The first-order chi connectivity index (χ1) is 7.45. The van der Waals surface area contributed by atoms with Gasteiger partial charge in [-0.3, -0.25) is 4.79 Å². The fourth-order valence-corrected chi connectivity index (χ4v) is 2.09. The number of carboxylic acid groups (broad SMARTS) is 1. The van der Waals surface area contributed by atoms with Crippen LogP contribution in [0.15, 0.2) is 12.1 Å². The van der Waals surface area contributed by atoms with Gasteiger partial charge < -0.3 is 5.11 Å². The largest absolute Gasteiger partial charge is 0.481 e. The summed E-state index contributed by atoms with van der Waals surface area (Å²) >= 11 is 1.74. The third-order valence-corrected chi connectivity index (χ3v) is 2.73. The van der Waals surface area contributed by atoms with Crippen LogP contribution in [0.4, 0.5) is 8.78 Å². The molecular formula is C10H6F2INO2. The SMILES string of the molecule is N#Cc1c(I)cc(CC(=O)O)cc1C(F)F. The highest BCUT2D eigenvalue weighted by Crippen LogP contribution is 2.27. The molecule has 0 aliphatic heterocycles. The van der Waals surface area contributed by atoms with Crippen LogP contribution in [-0.2, 0) is 11.2 Å². The average Bonchev–Trinajstić information content (AvgIpc) is 2.15. The van der Waals surface area contributed by atoms with Crippen molar-refractivity contribution in [1.29, 1.82) is 5.26 Å². The van der Waals surface area contributed by atoms with Gasteiger partial charge in [0, 0.05) is 9.13 Å². The zero-order valence-electron chi connectivity index (χ0n) is 7.88. The van der Waals surface area contributed by atoms with Crippen LogP contribution in [0.2, 0.25) is 0 Å². The monoisotopic (exact) mass is 337 g/mol. The van der Waals surface area contributed by atoms with Gasteiger partial charge in [0.05, 0.1) is 12.0 Å². The lowest BCUT2D eigenvalue weighted by atomic mass is 10.0. The summed E-state index contributed by atoms with van der Waals surface area (Å²) in [5.41, 5.74) is -0.235. The van der Waals surface area contributed by atoms with E-state index in [-0.39, 0.29) is 17.5 Å². The van der Waals surface area contributed by atoms with Crippen molar-refractivity contribution >= 4 is 28.6 Å². The van der Waals surface area contributed by atoms with Crippen molar-refractivity contribution in [2.45, 2.75) is 12.8 Å². The van der Waals surface area contributed by atoms with E-state index >= 15 is 0 Å². The second-order valence-corrected chi connectivity index (χ2v) is 4.19. The van der Waals surface area contributed by atoms with Crippen LogP contribution >= 0.6 is 22.6 Å². The van der Waals surface area contributed by atoms with Crippen LogP contribution in [0.5, 0.6) is 0 Å². The predicted octanol–water partition coefficient (Wildman–Crippen LogP) is 2.73.